The van der Waals surface area contributed by atoms with E-state index in [-0.39, 0.29) is 29.5 Å². The van der Waals surface area contributed by atoms with E-state index in [0.717, 1.165) is 6.07 Å². The summed E-state index contributed by atoms with van der Waals surface area (Å²) >= 11 is 0. The quantitative estimate of drug-likeness (QED) is 0.465. The van der Waals surface area contributed by atoms with Gasteiger partial charge in [-0.2, -0.15) is 5.10 Å². The highest BCUT2D eigenvalue weighted by molar-refractivity contribution is 6.39. The van der Waals surface area contributed by atoms with E-state index in [9.17, 15) is 9.18 Å². The monoisotopic (exact) mass is 240 g/mol. The molecule has 17 heavy (non-hydrogen) atoms. The van der Waals surface area contributed by atoms with Crippen molar-refractivity contribution in [2.45, 2.75) is 6.92 Å². The average molecular weight is 240 g/mol. The Morgan fingerprint density at radius 1 is 1.59 bits per heavy atom. The number of carbonyl (C=O) groups excluding carboxylic acids is 1. The molecule has 0 saturated carbocycles. The standard InChI is InChI=1S/C11H13FN2O3/c1-7(11(16)6-17-2)13-14-10-4-3-8(15)5-9(10)12/h3-5,14-15H,6H2,1-2H3/b13-7-. The molecule has 0 bridgehead atoms. The zero-order valence-corrected chi connectivity index (χ0v) is 9.53. The number of Topliss-reactive ketones (excluding diaryl/α,β-unsaturated/α-hetero) is 1. The average Bonchev–Trinajstić information content (AvgIpc) is 2.27. The third-order valence-electron chi connectivity index (χ3n) is 1.98. The minimum Gasteiger partial charge on any atom is -0.508 e. The fourth-order valence-electron chi connectivity index (χ4n) is 1.04. The maximum atomic E-state index is 13.2. The Morgan fingerprint density at radius 2 is 2.29 bits per heavy atom. The number of hydrazone groups is 1. The Morgan fingerprint density at radius 3 is 2.88 bits per heavy atom. The van der Waals surface area contributed by atoms with Crippen molar-refractivity contribution in [2.75, 3.05) is 19.1 Å². The van der Waals surface area contributed by atoms with Crippen molar-refractivity contribution in [3.05, 3.63) is 24.0 Å². The van der Waals surface area contributed by atoms with Crippen LogP contribution in [0.5, 0.6) is 5.75 Å². The van der Waals surface area contributed by atoms with Gasteiger partial charge in [-0.15, -0.1) is 0 Å². The smallest absolute Gasteiger partial charge is 0.204 e. The number of hydrogen-bond donors (Lipinski definition) is 2. The van der Waals surface area contributed by atoms with E-state index >= 15 is 0 Å². The third kappa shape index (κ3) is 3.84. The number of rotatable bonds is 5. The molecule has 1 aromatic rings. The number of carbonyl (C=O) groups is 1. The van der Waals surface area contributed by atoms with Crippen LogP contribution < -0.4 is 5.43 Å². The van der Waals surface area contributed by atoms with E-state index in [4.69, 9.17) is 5.11 Å². The number of nitrogens with zero attached hydrogens (tertiary/aromatic N) is 1. The van der Waals surface area contributed by atoms with Gasteiger partial charge in [0, 0.05) is 13.2 Å². The van der Waals surface area contributed by atoms with Crippen LogP contribution in [-0.2, 0) is 9.53 Å². The van der Waals surface area contributed by atoms with Crippen molar-refractivity contribution < 1.29 is 19.0 Å². The molecule has 0 spiro atoms. The Labute approximate surface area is 97.9 Å². The van der Waals surface area contributed by atoms with Gasteiger partial charge in [0.05, 0.1) is 5.69 Å². The number of halogens is 1. The third-order valence-corrected chi connectivity index (χ3v) is 1.98. The number of phenols is 1. The van der Waals surface area contributed by atoms with Crippen molar-refractivity contribution in [2.24, 2.45) is 5.10 Å². The van der Waals surface area contributed by atoms with E-state index in [2.05, 4.69) is 15.3 Å². The maximum Gasteiger partial charge on any atom is 0.204 e. The van der Waals surface area contributed by atoms with Crippen LogP contribution >= 0.6 is 0 Å². The summed E-state index contributed by atoms with van der Waals surface area (Å²) in [6.07, 6.45) is 0. The van der Waals surface area contributed by atoms with Crippen LogP contribution in [0.4, 0.5) is 10.1 Å². The molecule has 5 nitrogen and oxygen atoms in total. The Hall–Kier alpha value is -1.95. The lowest BCUT2D eigenvalue weighted by Crippen LogP contribution is -2.17. The van der Waals surface area contributed by atoms with Crippen molar-refractivity contribution >= 4 is 17.2 Å². The molecule has 0 amide bonds. The van der Waals surface area contributed by atoms with E-state index in [1.807, 2.05) is 0 Å². The van der Waals surface area contributed by atoms with Crippen LogP contribution in [0, 0.1) is 5.82 Å². The summed E-state index contributed by atoms with van der Waals surface area (Å²) in [6.45, 7) is 1.42. The molecule has 0 radical (unpaired) electrons. The number of ether oxygens (including phenoxy) is 1. The van der Waals surface area contributed by atoms with Gasteiger partial charge in [-0.3, -0.25) is 10.2 Å². The molecular formula is C11H13FN2O3. The first kappa shape index (κ1) is 13.1. The zero-order valence-electron chi connectivity index (χ0n) is 9.53. The fraction of sp³-hybridized carbons (Fsp3) is 0.273. The van der Waals surface area contributed by atoms with Crippen LogP contribution in [0.25, 0.3) is 0 Å². The van der Waals surface area contributed by atoms with Crippen LogP contribution in [0.3, 0.4) is 0 Å². The van der Waals surface area contributed by atoms with Crippen molar-refractivity contribution in [3.8, 4) is 5.75 Å². The maximum absolute atomic E-state index is 13.2. The summed E-state index contributed by atoms with van der Waals surface area (Å²) in [5.41, 5.74) is 2.66. The van der Waals surface area contributed by atoms with Crippen LogP contribution in [-0.4, -0.2) is 30.3 Å². The van der Waals surface area contributed by atoms with Gasteiger partial charge in [0.1, 0.15) is 18.1 Å². The second-order valence-corrected chi connectivity index (χ2v) is 3.33. The van der Waals surface area contributed by atoms with Crippen molar-refractivity contribution in [1.82, 2.24) is 0 Å². The number of ketones is 1. The summed E-state index contributed by atoms with van der Waals surface area (Å²) in [5.74, 6) is -1.12. The molecule has 0 fully saturated rings. The minimum atomic E-state index is -0.652. The van der Waals surface area contributed by atoms with Gasteiger partial charge < -0.3 is 9.84 Å². The van der Waals surface area contributed by atoms with E-state index in [1.165, 1.54) is 26.2 Å². The molecule has 0 saturated heterocycles. The number of aromatic hydroxyl groups is 1. The first-order valence-corrected chi connectivity index (χ1v) is 4.85. The van der Waals surface area contributed by atoms with Crippen LogP contribution in [0.2, 0.25) is 0 Å². The summed E-state index contributed by atoms with van der Waals surface area (Å²) in [6, 6.07) is 3.58. The molecule has 0 unspecified atom stereocenters. The van der Waals surface area contributed by atoms with Crippen molar-refractivity contribution in [3.63, 3.8) is 0 Å². The van der Waals surface area contributed by atoms with Crippen LogP contribution in [0.15, 0.2) is 23.3 Å². The highest BCUT2D eigenvalue weighted by Crippen LogP contribution is 2.19. The number of benzene rings is 1. The predicted octanol–water partition coefficient (Wildman–Crippen LogP) is 1.53. The lowest BCUT2D eigenvalue weighted by Gasteiger charge is -2.04. The molecular weight excluding hydrogens is 227 g/mol. The van der Waals surface area contributed by atoms with E-state index in [0.29, 0.717) is 0 Å². The van der Waals surface area contributed by atoms with Gasteiger partial charge in [0.2, 0.25) is 5.78 Å². The Bertz CT molecular complexity index is 446. The number of phenolic OH excluding ortho intramolecular Hbond substituents is 1. The topological polar surface area (TPSA) is 70.9 Å². The molecule has 0 aromatic heterocycles. The SMILES string of the molecule is COCC(=O)/C(C)=N\Nc1ccc(O)cc1F. The molecule has 2 N–H and O–H groups in total. The second-order valence-electron chi connectivity index (χ2n) is 3.33. The summed E-state index contributed by atoms with van der Waals surface area (Å²) in [5, 5.41) is 12.7. The highest BCUT2D eigenvalue weighted by atomic mass is 19.1. The number of methoxy groups -OCH3 is 1. The minimum absolute atomic E-state index is 0.0743. The molecule has 0 aliphatic carbocycles. The number of nitrogens with one attached hydrogen (secondary N) is 1. The van der Waals surface area contributed by atoms with Gasteiger partial charge in [-0.25, -0.2) is 4.39 Å². The molecule has 0 aliphatic rings. The summed E-state index contributed by atoms with van der Waals surface area (Å²) < 4.78 is 17.9. The molecule has 1 aromatic carbocycles. The lowest BCUT2D eigenvalue weighted by atomic mass is 10.3. The Balaban J connectivity index is 2.72. The molecule has 92 valence electrons. The molecule has 1 rings (SSSR count). The molecule has 0 aliphatic heterocycles. The normalized spacial score (nSPS) is 11.4. The largest absolute Gasteiger partial charge is 0.508 e. The molecule has 6 heteroatoms. The predicted molar refractivity (Wildman–Crippen MR) is 61.7 cm³/mol. The summed E-state index contributed by atoms with van der Waals surface area (Å²) in [4.78, 5) is 11.3. The number of anilines is 1. The Kier molecular flexibility index (Phi) is 4.59. The fourth-order valence-corrected chi connectivity index (χ4v) is 1.04. The van der Waals surface area contributed by atoms with Crippen molar-refractivity contribution in [1.29, 1.82) is 0 Å². The van der Waals surface area contributed by atoms with Gasteiger partial charge >= 0.3 is 0 Å². The first-order valence-electron chi connectivity index (χ1n) is 4.85. The molecule has 0 atom stereocenters. The van der Waals surface area contributed by atoms with Gasteiger partial charge in [-0.1, -0.05) is 0 Å². The number of hydrogen-bond acceptors (Lipinski definition) is 5. The molecule has 0 heterocycles. The van der Waals surface area contributed by atoms with Gasteiger partial charge in [0.15, 0.2) is 5.82 Å². The zero-order chi connectivity index (χ0) is 12.8. The first-order chi connectivity index (χ1) is 8.04. The highest BCUT2D eigenvalue weighted by Gasteiger charge is 2.06. The lowest BCUT2D eigenvalue weighted by molar-refractivity contribution is -0.116. The van der Waals surface area contributed by atoms with Gasteiger partial charge in [0.25, 0.3) is 0 Å². The second kappa shape index (κ2) is 5.95. The van der Waals surface area contributed by atoms with Crippen LogP contribution in [0.1, 0.15) is 6.92 Å². The summed E-state index contributed by atoms with van der Waals surface area (Å²) in [7, 11) is 1.40. The van der Waals surface area contributed by atoms with E-state index in [1.54, 1.807) is 0 Å². The van der Waals surface area contributed by atoms with Gasteiger partial charge in [-0.05, 0) is 19.1 Å². The van der Waals surface area contributed by atoms with E-state index < -0.39 is 5.82 Å².